The lowest BCUT2D eigenvalue weighted by atomic mass is 9.72. The van der Waals surface area contributed by atoms with Crippen molar-refractivity contribution >= 4 is 17.8 Å². The highest BCUT2D eigenvalue weighted by atomic mass is 32.2. The van der Waals surface area contributed by atoms with Crippen molar-refractivity contribution in [1.29, 1.82) is 0 Å². The lowest BCUT2D eigenvalue weighted by Crippen LogP contribution is -2.31. The third-order valence-electron chi connectivity index (χ3n) is 3.06. The highest BCUT2D eigenvalue weighted by Crippen LogP contribution is 2.45. The number of aliphatic imine (C=N–C) groups is 1. The monoisotopic (exact) mass is 255 g/mol. The Morgan fingerprint density at radius 3 is 2.35 bits per heavy atom. The molecular formula is C12H11F2NOS. The van der Waals surface area contributed by atoms with Crippen LogP contribution in [0.2, 0.25) is 0 Å². The molecule has 1 aliphatic rings. The maximum absolute atomic E-state index is 12.1. The topological polar surface area (TPSA) is 29.4 Å². The minimum atomic E-state index is -2.41. The zero-order valence-corrected chi connectivity index (χ0v) is 9.84. The van der Waals surface area contributed by atoms with E-state index in [-0.39, 0.29) is 0 Å². The van der Waals surface area contributed by atoms with Crippen molar-refractivity contribution in [1.82, 2.24) is 0 Å². The van der Waals surface area contributed by atoms with E-state index in [9.17, 15) is 13.6 Å². The maximum Gasteiger partial charge on any atom is 0.288 e. The molecule has 90 valence electrons. The Bertz CT molecular complexity index is 436. The molecule has 0 atom stereocenters. The molecule has 1 aliphatic carbocycles. The molecule has 2 nitrogen and oxygen atoms in total. The van der Waals surface area contributed by atoms with E-state index < -0.39 is 11.3 Å². The molecule has 0 aliphatic heterocycles. The molecule has 0 radical (unpaired) electrons. The summed E-state index contributed by atoms with van der Waals surface area (Å²) in [7, 11) is 0. The Labute approximate surface area is 102 Å². The van der Waals surface area contributed by atoms with Crippen molar-refractivity contribution in [2.45, 2.75) is 35.5 Å². The van der Waals surface area contributed by atoms with E-state index in [0.29, 0.717) is 16.7 Å². The van der Waals surface area contributed by atoms with Crippen LogP contribution in [0.5, 0.6) is 0 Å². The third kappa shape index (κ3) is 2.56. The first-order valence-corrected chi connectivity index (χ1v) is 6.19. The number of alkyl halides is 2. The van der Waals surface area contributed by atoms with Crippen LogP contribution in [0, 0.1) is 0 Å². The average molecular weight is 255 g/mol. The molecule has 0 bridgehead atoms. The molecule has 1 aromatic rings. The van der Waals surface area contributed by atoms with Crippen LogP contribution in [0.15, 0.2) is 34.2 Å². The van der Waals surface area contributed by atoms with E-state index in [0.717, 1.165) is 24.8 Å². The van der Waals surface area contributed by atoms with Crippen LogP contribution in [0.1, 0.15) is 24.8 Å². The van der Waals surface area contributed by atoms with Gasteiger partial charge in [0.25, 0.3) is 5.76 Å². The SMILES string of the molecule is O=C=NC1(c2ccc(SC(F)F)cc2)CCC1. The Hall–Kier alpha value is -1.19. The fourth-order valence-corrected chi connectivity index (χ4v) is 2.51. The van der Waals surface area contributed by atoms with Gasteiger partial charge in [-0.25, -0.2) is 4.79 Å². The van der Waals surface area contributed by atoms with Gasteiger partial charge < -0.3 is 0 Å². The van der Waals surface area contributed by atoms with E-state index in [1.54, 1.807) is 30.3 Å². The smallest absolute Gasteiger partial charge is 0.211 e. The largest absolute Gasteiger partial charge is 0.288 e. The zero-order chi connectivity index (χ0) is 12.3. The van der Waals surface area contributed by atoms with E-state index in [2.05, 4.69) is 4.99 Å². The lowest BCUT2D eigenvalue weighted by Gasteiger charge is -2.37. The van der Waals surface area contributed by atoms with Crippen LogP contribution in [-0.2, 0) is 10.3 Å². The van der Waals surface area contributed by atoms with Crippen LogP contribution < -0.4 is 0 Å². The zero-order valence-electron chi connectivity index (χ0n) is 9.03. The summed E-state index contributed by atoms with van der Waals surface area (Å²) in [5, 5.41) is 0. The summed E-state index contributed by atoms with van der Waals surface area (Å²) in [5.41, 5.74) is 0.459. The maximum atomic E-state index is 12.1. The van der Waals surface area contributed by atoms with Crippen LogP contribution in [0.25, 0.3) is 0 Å². The minimum absolute atomic E-state index is 0.449. The number of rotatable bonds is 4. The Morgan fingerprint density at radius 2 is 1.94 bits per heavy atom. The fraction of sp³-hybridized carbons (Fsp3) is 0.417. The quantitative estimate of drug-likeness (QED) is 0.466. The molecular weight excluding hydrogens is 244 g/mol. The van der Waals surface area contributed by atoms with E-state index in [4.69, 9.17) is 0 Å². The van der Waals surface area contributed by atoms with Gasteiger partial charge in [-0.15, -0.1) is 0 Å². The normalized spacial score (nSPS) is 17.4. The molecule has 0 N–H and O–H groups in total. The minimum Gasteiger partial charge on any atom is -0.211 e. The molecule has 5 heteroatoms. The predicted octanol–water partition coefficient (Wildman–Crippen LogP) is 3.72. The molecule has 0 heterocycles. The van der Waals surface area contributed by atoms with Crippen molar-refractivity contribution in [3.63, 3.8) is 0 Å². The molecule has 1 saturated carbocycles. The van der Waals surface area contributed by atoms with Gasteiger partial charge in [0.15, 0.2) is 0 Å². The van der Waals surface area contributed by atoms with Crippen molar-refractivity contribution < 1.29 is 13.6 Å². The van der Waals surface area contributed by atoms with E-state index in [1.807, 2.05) is 0 Å². The number of hydrogen-bond acceptors (Lipinski definition) is 3. The van der Waals surface area contributed by atoms with Crippen molar-refractivity contribution in [3.8, 4) is 0 Å². The summed E-state index contributed by atoms with van der Waals surface area (Å²) < 4.78 is 24.3. The van der Waals surface area contributed by atoms with Gasteiger partial charge in [-0.3, -0.25) is 0 Å². The van der Waals surface area contributed by atoms with Gasteiger partial charge >= 0.3 is 0 Å². The van der Waals surface area contributed by atoms with Crippen molar-refractivity contribution in [3.05, 3.63) is 29.8 Å². The molecule has 1 fully saturated rings. The van der Waals surface area contributed by atoms with Gasteiger partial charge in [0.2, 0.25) is 6.08 Å². The number of nitrogens with zero attached hydrogens (tertiary/aromatic N) is 1. The summed E-state index contributed by atoms with van der Waals surface area (Å²) >= 11 is 0.515. The van der Waals surface area contributed by atoms with Crippen LogP contribution in [-0.4, -0.2) is 11.8 Å². The Balaban J connectivity index is 2.19. The highest BCUT2D eigenvalue weighted by Gasteiger charge is 2.38. The predicted molar refractivity (Wildman–Crippen MR) is 62.0 cm³/mol. The summed E-state index contributed by atoms with van der Waals surface area (Å²) in [5.74, 6) is -2.41. The summed E-state index contributed by atoms with van der Waals surface area (Å²) in [6, 6.07) is 6.83. The highest BCUT2D eigenvalue weighted by molar-refractivity contribution is 7.99. The van der Waals surface area contributed by atoms with Crippen molar-refractivity contribution in [2.24, 2.45) is 4.99 Å². The Morgan fingerprint density at radius 1 is 1.29 bits per heavy atom. The second kappa shape index (κ2) is 4.98. The molecule has 0 spiro atoms. The van der Waals surface area contributed by atoms with Gasteiger partial charge in [-0.2, -0.15) is 13.8 Å². The van der Waals surface area contributed by atoms with Gasteiger partial charge in [-0.05, 0) is 37.0 Å². The molecule has 0 aromatic heterocycles. The van der Waals surface area contributed by atoms with Gasteiger partial charge in [-0.1, -0.05) is 23.9 Å². The number of isocyanates is 1. The lowest BCUT2D eigenvalue weighted by molar-refractivity contribution is 0.252. The molecule has 0 amide bonds. The fourth-order valence-electron chi connectivity index (χ4n) is 2.01. The van der Waals surface area contributed by atoms with Crippen LogP contribution in [0.4, 0.5) is 8.78 Å². The van der Waals surface area contributed by atoms with Crippen molar-refractivity contribution in [2.75, 3.05) is 0 Å². The number of carbonyl (C=O) groups excluding carboxylic acids is 1. The second-order valence-electron chi connectivity index (χ2n) is 3.99. The summed E-state index contributed by atoms with van der Waals surface area (Å²) in [6.07, 6.45) is 4.28. The van der Waals surface area contributed by atoms with Crippen LogP contribution >= 0.6 is 11.8 Å². The first kappa shape index (κ1) is 12.3. The summed E-state index contributed by atoms with van der Waals surface area (Å²) in [6.45, 7) is 0. The number of halogens is 2. The molecule has 0 unspecified atom stereocenters. The molecule has 2 rings (SSSR count). The van der Waals surface area contributed by atoms with E-state index in [1.165, 1.54) is 0 Å². The standard InChI is InChI=1S/C12H11F2NOS/c13-11(14)17-10-4-2-9(3-5-10)12(15-8-16)6-1-7-12/h2-5,11H,1,6-7H2. The number of thioether (sulfide) groups is 1. The Kier molecular flexibility index (Phi) is 3.60. The number of hydrogen-bond donors (Lipinski definition) is 0. The van der Waals surface area contributed by atoms with Crippen LogP contribution in [0.3, 0.4) is 0 Å². The first-order valence-electron chi connectivity index (χ1n) is 5.31. The molecule has 0 saturated heterocycles. The van der Waals surface area contributed by atoms with Gasteiger partial charge in [0.05, 0.1) is 5.54 Å². The number of benzene rings is 1. The third-order valence-corrected chi connectivity index (χ3v) is 3.78. The molecule has 17 heavy (non-hydrogen) atoms. The van der Waals surface area contributed by atoms with Gasteiger partial charge in [0, 0.05) is 4.90 Å². The summed E-state index contributed by atoms with van der Waals surface area (Å²) in [4.78, 5) is 14.8. The average Bonchev–Trinajstić information content (AvgIpc) is 2.24. The first-order chi connectivity index (χ1) is 8.16. The van der Waals surface area contributed by atoms with Gasteiger partial charge in [0.1, 0.15) is 0 Å². The van der Waals surface area contributed by atoms with E-state index >= 15 is 0 Å². The second-order valence-corrected chi connectivity index (χ2v) is 5.05. The molecule has 1 aromatic carbocycles.